The van der Waals surface area contributed by atoms with Crippen LogP contribution < -0.4 is 0 Å². The molecule has 1 unspecified atom stereocenters. The lowest BCUT2D eigenvalue weighted by Gasteiger charge is -2.11. The second-order valence-electron chi connectivity index (χ2n) is 2.69. The Labute approximate surface area is 72.8 Å². The molecule has 0 aliphatic carbocycles. The van der Waals surface area contributed by atoms with Crippen LogP contribution in [0.5, 0.6) is 5.75 Å². The Balaban J connectivity index is 2.73. The molecule has 0 aliphatic rings. The Hall–Kier alpha value is -1.02. The molecule has 2 heteroatoms. The van der Waals surface area contributed by atoms with Crippen LogP contribution in [0.1, 0.15) is 25.5 Å². The average Bonchev–Trinajstić information content (AvgIpc) is 2.05. The maximum absolute atomic E-state index is 9.17. The first-order valence-corrected chi connectivity index (χ1v) is 4.14. The van der Waals surface area contributed by atoms with Gasteiger partial charge in [-0.3, -0.25) is 0 Å². The van der Waals surface area contributed by atoms with Crippen molar-refractivity contribution in [3.63, 3.8) is 0 Å². The molecule has 0 heterocycles. The van der Waals surface area contributed by atoms with Crippen LogP contribution >= 0.6 is 0 Å². The monoisotopic (exact) mass is 166 g/mol. The number of benzene rings is 1. The third kappa shape index (κ3) is 2.24. The van der Waals surface area contributed by atoms with E-state index in [0.29, 0.717) is 12.4 Å². The van der Waals surface area contributed by atoms with E-state index in [1.807, 2.05) is 26.0 Å². The van der Waals surface area contributed by atoms with Gasteiger partial charge in [0, 0.05) is 6.61 Å². The van der Waals surface area contributed by atoms with Gasteiger partial charge in [0.05, 0.1) is 6.10 Å². The summed E-state index contributed by atoms with van der Waals surface area (Å²) >= 11 is 0. The van der Waals surface area contributed by atoms with Gasteiger partial charge in [0.15, 0.2) is 0 Å². The third-order valence-corrected chi connectivity index (χ3v) is 1.76. The molecule has 0 aliphatic heterocycles. The van der Waals surface area contributed by atoms with E-state index >= 15 is 0 Å². The smallest absolute Gasteiger partial charge is 0.115 e. The summed E-state index contributed by atoms with van der Waals surface area (Å²) < 4.78 is 5.37. The summed E-state index contributed by atoms with van der Waals surface area (Å²) in [6.07, 6.45) is 0.0575. The molecule has 1 rings (SSSR count). The van der Waals surface area contributed by atoms with Gasteiger partial charge in [-0.05, 0) is 31.5 Å². The highest BCUT2D eigenvalue weighted by Crippen LogP contribution is 2.20. The fraction of sp³-hybridized carbons (Fsp3) is 0.400. The molecule has 2 nitrogen and oxygen atoms in total. The molecule has 0 fully saturated rings. The number of rotatable bonds is 3. The lowest BCUT2D eigenvalue weighted by molar-refractivity contribution is 0.0762. The highest BCUT2D eigenvalue weighted by atomic mass is 16.5. The van der Waals surface area contributed by atoms with Crippen LogP contribution in [0.25, 0.3) is 0 Å². The molecule has 0 saturated carbocycles. The van der Waals surface area contributed by atoms with Crippen LogP contribution in [-0.2, 0) is 4.74 Å². The molecule has 0 radical (unpaired) electrons. The minimum Gasteiger partial charge on any atom is -0.508 e. The van der Waals surface area contributed by atoms with Gasteiger partial charge < -0.3 is 9.84 Å². The molecular formula is C10H14O2. The Morgan fingerprint density at radius 1 is 1.50 bits per heavy atom. The van der Waals surface area contributed by atoms with Crippen LogP contribution in [0.2, 0.25) is 0 Å². The predicted octanol–water partition coefficient (Wildman–Crippen LogP) is 2.49. The predicted molar refractivity (Wildman–Crippen MR) is 48.1 cm³/mol. The quantitative estimate of drug-likeness (QED) is 0.747. The van der Waals surface area contributed by atoms with E-state index in [1.54, 1.807) is 12.1 Å². The van der Waals surface area contributed by atoms with Gasteiger partial charge in [-0.25, -0.2) is 0 Å². The highest BCUT2D eigenvalue weighted by Gasteiger charge is 2.03. The molecule has 12 heavy (non-hydrogen) atoms. The number of phenols is 1. The van der Waals surface area contributed by atoms with E-state index in [-0.39, 0.29) is 6.10 Å². The minimum absolute atomic E-state index is 0.0575. The summed E-state index contributed by atoms with van der Waals surface area (Å²) in [4.78, 5) is 0. The van der Waals surface area contributed by atoms with E-state index in [1.165, 1.54) is 0 Å². The molecular weight excluding hydrogens is 152 g/mol. The van der Waals surface area contributed by atoms with Gasteiger partial charge in [0.2, 0.25) is 0 Å². The van der Waals surface area contributed by atoms with Gasteiger partial charge in [0.1, 0.15) is 5.75 Å². The molecule has 0 bridgehead atoms. The van der Waals surface area contributed by atoms with Crippen LogP contribution in [0.3, 0.4) is 0 Å². The van der Waals surface area contributed by atoms with Crippen molar-refractivity contribution in [2.45, 2.75) is 20.0 Å². The third-order valence-electron chi connectivity index (χ3n) is 1.76. The van der Waals surface area contributed by atoms with Crippen molar-refractivity contribution in [2.24, 2.45) is 0 Å². The zero-order valence-electron chi connectivity index (χ0n) is 7.45. The van der Waals surface area contributed by atoms with E-state index in [0.717, 1.165) is 5.56 Å². The topological polar surface area (TPSA) is 29.5 Å². The van der Waals surface area contributed by atoms with Crippen molar-refractivity contribution >= 4 is 0 Å². The maximum atomic E-state index is 9.17. The zero-order valence-corrected chi connectivity index (χ0v) is 7.45. The molecule has 1 aromatic rings. The fourth-order valence-corrected chi connectivity index (χ4v) is 1.12. The van der Waals surface area contributed by atoms with Crippen molar-refractivity contribution in [3.05, 3.63) is 29.8 Å². The van der Waals surface area contributed by atoms with Gasteiger partial charge in [-0.15, -0.1) is 0 Å². The summed E-state index contributed by atoms with van der Waals surface area (Å²) in [5, 5.41) is 9.17. The lowest BCUT2D eigenvalue weighted by atomic mass is 10.1. The minimum atomic E-state index is 0.0575. The molecule has 0 spiro atoms. The van der Waals surface area contributed by atoms with Crippen LogP contribution in [0, 0.1) is 0 Å². The maximum Gasteiger partial charge on any atom is 0.115 e. The molecule has 1 aromatic carbocycles. The Morgan fingerprint density at radius 3 is 2.83 bits per heavy atom. The Kier molecular flexibility index (Phi) is 3.11. The summed E-state index contributed by atoms with van der Waals surface area (Å²) in [6, 6.07) is 7.14. The van der Waals surface area contributed by atoms with E-state index < -0.39 is 0 Å². The Morgan fingerprint density at radius 2 is 2.25 bits per heavy atom. The van der Waals surface area contributed by atoms with E-state index in [9.17, 15) is 5.11 Å². The van der Waals surface area contributed by atoms with Crippen molar-refractivity contribution in [2.75, 3.05) is 6.61 Å². The van der Waals surface area contributed by atoms with Crippen molar-refractivity contribution in [3.8, 4) is 5.75 Å². The summed E-state index contributed by atoms with van der Waals surface area (Å²) in [5.41, 5.74) is 1.01. The number of ether oxygens (including phenoxy) is 1. The van der Waals surface area contributed by atoms with Crippen molar-refractivity contribution in [1.29, 1.82) is 0 Å². The average molecular weight is 166 g/mol. The first kappa shape index (κ1) is 9.07. The van der Waals surface area contributed by atoms with Crippen LogP contribution in [-0.4, -0.2) is 11.7 Å². The summed E-state index contributed by atoms with van der Waals surface area (Å²) in [7, 11) is 0. The van der Waals surface area contributed by atoms with Gasteiger partial charge in [-0.2, -0.15) is 0 Å². The van der Waals surface area contributed by atoms with Crippen LogP contribution in [0.15, 0.2) is 24.3 Å². The normalized spacial score (nSPS) is 12.8. The molecule has 1 N–H and O–H groups in total. The number of aromatic hydroxyl groups is 1. The molecule has 0 aromatic heterocycles. The lowest BCUT2D eigenvalue weighted by Crippen LogP contribution is -1.98. The van der Waals surface area contributed by atoms with Crippen molar-refractivity contribution < 1.29 is 9.84 Å². The number of hydrogen-bond donors (Lipinski definition) is 1. The second-order valence-corrected chi connectivity index (χ2v) is 2.69. The Bertz CT molecular complexity index is 245. The zero-order chi connectivity index (χ0) is 8.97. The number of phenolic OH excluding ortho intramolecular Hbond substituents is 1. The largest absolute Gasteiger partial charge is 0.508 e. The van der Waals surface area contributed by atoms with Crippen molar-refractivity contribution in [1.82, 2.24) is 0 Å². The van der Waals surface area contributed by atoms with E-state index in [4.69, 9.17) is 4.74 Å². The fourth-order valence-electron chi connectivity index (χ4n) is 1.12. The van der Waals surface area contributed by atoms with E-state index in [2.05, 4.69) is 0 Å². The molecule has 66 valence electrons. The summed E-state index contributed by atoms with van der Waals surface area (Å²) in [6.45, 7) is 4.62. The highest BCUT2D eigenvalue weighted by molar-refractivity contribution is 5.28. The standard InChI is InChI=1S/C10H14O2/c1-3-12-8(2)9-5-4-6-10(11)7-9/h4-8,11H,3H2,1-2H3. The second kappa shape index (κ2) is 4.12. The van der Waals surface area contributed by atoms with Crippen LogP contribution in [0.4, 0.5) is 0 Å². The molecule has 1 atom stereocenters. The van der Waals surface area contributed by atoms with Gasteiger partial charge in [0.25, 0.3) is 0 Å². The van der Waals surface area contributed by atoms with Gasteiger partial charge >= 0.3 is 0 Å². The van der Waals surface area contributed by atoms with Gasteiger partial charge in [-0.1, -0.05) is 12.1 Å². The molecule has 0 saturated heterocycles. The molecule has 0 amide bonds. The first-order chi connectivity index (χ1) is 5.74. The summed E-state index contributed by atoms with van der Waals surface area (Å²) in [5.74, 6) is 0.291. The first-order valence-electron chi connectivity index (χ1n) is 4.14. The SMILES string of the molecule is CCOC(C)c1cccc(O)c1. The number of hydrogen-bond acceptors (Lipinski definition) is 2.